The van der Waals surface area contributed by atoms with E-state index in [1.54, 1.807) is 0 Å². The molecule has 0 aliphatic carbocycles. The molecule has 0 amide bonds. The summed E-state index contributed by atoms with van der Waals surface area (Å²) in [6.45, 7) is 3.65. The van der Waals surface area contributed by atoms with Crippen LogP contribution in [0, 0.1) is 5.92 Å². The number of rotatable bonds is 7. The average Bonchev–Trinajstić information content (AvgIpc) is 2.27. The van der Waals surface area contributed by atoms with Crippen LogP contribution in [-0.4, -0.2) is 17.5 Å². The average molecular weight is 252 g/mol. The van der Waals surface area contributed by atoms with Crippen molar-refractivity contribution in [1.29, 1.82) is 0 Å². The number of allylic oxidation sites excluding steroid dienone is 2. The molecule has 0 fully saturated rings. The van der Waals surface area contributed by atoms with Gasteiger partial charge in [-0.3, -0.25) is 14.4 Å². The SMILES string of the molecule is CCCCCCCC(=O)C1C(=O)C=C(C)OC1=O. The summed E-state index contributed by atoms with van der Waals surface area (Å²) in [6.07, 6.45) is 6.59. The van der Waals surface area contributed by atoms with Gasteiger partial charge in [0.2, 0.25) is 0 Å². The molecule has 1 rings (SSSR count). The third-order valence-electron chi connectivity index (χ3n) is 2.98. The summed E-state index contributed by atoms with van der Waals surface area (Å²) in [7, 11) is 0. The van der Waals surface area contributed by atoms with Gasteiger partial charge in [-0.25, -0.2) is 0 Å². The maximum atomic E-state index is 11.8. The third kappa shape index (κ3) is 4.09. The first-order valence-electron chi connectivity index (χ1n) is 6.52. The number of cyclic esters (lactones) is 1. The first-order chi connectivity index (χ1) is 8.56. The highest BCUT2D eigenvalue weighted by molar-refractivity contribution is 6.21. The van der Waals surface area contributed by atoms with E-state index in [1.807, 2.05) is 0 Å². The molecule has 4 heteroatoms. The van der Waals surface area contributed by atoms with Crippen molar-refractivity contribution in [3.8, 4) is 0 Å². The molecule has 0 spiro atoms. The van der Waals surface area contributed by atoms with Crippen LogP contribution in [-0.2, 0) is 19.1 Å². The Hall–Kier alpha value is -1.45. The molecule has 0 saturated heterocycles. The Morgan fingerprint density at radius 2 is 1.89 bits per heavy atom. The Labute approximate surface area is 107 Å². The molecule has 0 saturated carbocycles. The summed E-state index contributed by atoms with van der Waals surface area (Å²) in [5.74, 6) is -2.44. The number of carbonyl (C=O) groups excluding carboxylic acids is 3. The quantitative estimate of drug-likeness (QED) is 0.397. The number of hydrogen-bond donors (Lipinski definition) is 0. The van der Waals surface area contributed by atoms with Crippen LogP contribution in [0.25, 0.3) is 0 Å². The minimum absolute atomic E-state index is 0.261. The van der Waals surface area contributed by atoms with Crippen molar-refractivity contribution in [2.24, 2.45) is 5.92 Å². The molecule has 0 N–H and O–H groups in total. The predicted molar refractivity (Wildman–Crippen MR) is 66.7 cm³/mol. The first-order valence-corrected chi connectivity index (χ1v) is 6.52. The van der Waals surface area contributed by atoms with Crippen LogP contribution in [0.5, 0.6) is 0 Å². The fraction of sp³-hybridized carbons (Fsp3) is 0.643. The van der Waals surface area contributed by atoms with E-state index in [0.29, 0.717) is 0 Å². The smallest absolute Gasteiger partial charge is 0.329 e. The maximum Gasteiger partial charge on any atom is 0.329 e. The van der Waals surface area contributed by atoms with Gasteiger partial charge >= 0.3 is 5.97 Å². The molecule has 0 radical (unpaired) electrons. The molecule has 1 heterocycles. The lowest BCUT2D eigenvalue weighted by Gasteiger charge is -2.17. The van der Waals surface area contributed by atoms with Crippen molar-refractivity contribution >= 4 is 17.5 Å². The van der Waals surface area contributed by atoms with Crippen LogP contribution < -0.4 is 0 Å². The van der Waals surface area contributed by atoms with E-state index in [1.165, 1.54) is 13.0 Å². The molecule has 18 heavy (non-hydrogen) atoms. The van der Waals surface area contributed by atoms with Gasteiger partial charge in [0.05, 0.1) is 0 Å². The lowest BCUT2D eigenvalue weighted by atomic mass is 9.93. The predicted octanol–water partition coefficient (Wildman–Crippen LogP) is 2.56. The highest BCUT2D eigenvalue weighted by Crippen LogP contribution is 2.18. The molecule has 100 valence electrons. The monoisotopic (exact) mass is 252 g/mol. The number of esters is 1. The van der Waals surface area contributed by atoms with E-state index in [0.717, 1.165) is 32.1 Å². The first kappa shape index (κ1) is 14.6. The summed E-state index contributed by atoms with van der Waals surface area (Å²) in [6, 6.07) is 0. The van der Waals surface area contributed by atoms with Crippen molar-refractivity contribution in [1.82, 2.24) is 0 Å². The molecule has 1 unspecified atom stereocenters. The van der Waals surface area contributed by atoms with Crippen molar-refractivity contribution < 1.29 is 19.1 Å². The van der Waals surface area contributed by atoms with Gasteiger partial charge in [0, 0.05) is 12.5 Å². The van der Waals surface area contributed by atoms with E-state index < -0.39 is 17.7 Å². The number of unbranched alkanes of at least 4 members (excludes halogenated alkanes) is 4. The van der Waals surface area contributed by atoms with Crippen molar-refractivity contribution in [3.05, 3.63) is 11.8 Å². The summed E-state index contributed by atoms with van der Waals surface area (Å²) in [5, 5.41) is 0. The van der Waals surface area contributed by atoms with Gasteiger partial charge < -0.3 is 4.74 Å². The third-order valence-corrected chi connectivity index (χ3v) is 2.98. The van der Waals surface area contributed by atoms with Crippen molar-refractivity contribution in [3.63, 3.8) is 0 Å². The zero-order chi connectivity index (χ0) is 13.5. The zero-order valence-corrected chi connectivity index (χ0v) is 11.0. The minimum atomic E-state index is -1.22. The highest BCUT2D eigenvalue weighted by Gasteiger charge is 2.36. The van der Waals surface area contributed by atoms with Crippen LogP contribution in [0.15, 0.2) is 11.8 Å². The van der Waals surface area contributed by atoms with E-state index in [4.69, 9.17) is 4.74 Å². The number of hydrogen-bond acceptors (Lipinski definition) is 4. The molecule has 1 aliphatic rings. The van der Waals surface area contributed by atoms with Gasteiger partial charge in [-0.05, 0) is 13.3 Å². The highest BCUT2D eigenvalue weighted by atomic mass is 16.5. The topological polar surface area (TPSA) is 60.4 Å². The van der Waals surface area contributed by atoms with Crippen LogP contribution in [0.1, 0.15) is 52.4 Å². The molecular weight excluding hydrogens is 232 g/mol. The molecule has 1 atom stereocenters. The van der Waals surface area contributed by atoms with Crippen LogP contribution in [0.4, 0.5) is 0 Å². The van der Waals surface area contributed by atoms with Crippen molar-refractivity contribution in [2.75, 3.05) is 0 Å². The Morgan fingerprint density at radius 1 is 1.22 bits per heavy atom. The second kappa shape index (κ2) is 7.09. The minimum Gasteiger partial charge on any atom is -0.430 e. The number of ketones is 2. The van der Waals surface area contributed by atoms with Gasteiger partial charge in [0.25, 0.3) is 0 Å². The molecular formula is C14H20O4. The summed E-state index contributed by atoms with van der Waals surface area (Å²) in [4.78, 5) is 34.9. The van der Waals surface area contributed by atoms with Gasteiger partial charge in [0.15, 0.2) is 17.5 Å². The fourth-order valence-corrected chi connectivity index (χ4v) is 1.98. The van der Waals surface area contributed by atoms with E-state index in [2.05, 4.69) is 6.92 Å². The molecule has 4 nitrogen and oxygen atoms in total. The molecule has 0 aromatic heterocycles. The van der Waals surface area contributed by atoms with Crippen LogP contribution in [0.3, 0.4) is 0 Å². The summed E-state index contributed by atoms with van der Waals surface area (Å²) >= 11 is 0. The second-order valence-electron chi connectivity index (χ2n) is 4.64. The van der Waals surface area contributed by atoms with E-state index >= 15 is 0 Å². The molecule has 1 aliphatic heterocycles. The fourth-order valence-electron chi connectivity index (χ4n) is 1.98. The molecule has 0 aromatic carbocycles. The number of carbonyl (C=O) groups is 3. The Bertz CT molecular complexity index is 368. The largest absolute Gasteiger partial charge is 0.430 e. The Kier molecular flexibility index (Phi) is 5.75. The van der Waals surface area contributed by atoms with Gasteiger partial charge in [-0.1, -0.05) is 32.6 Å². The molecule has 0 bridgehead atoms. The lowest BCUT2D eigenvalue weighted by Crippen LogP contribution is -2.35. The lowest BCUT2D eigenvalue weighted by molar-refractivity contribution is -0.152. The van der Waals surface area contributed by atoms with Gasteiger partial charge in [-0.2, -0.15) is 0 Å². The zero-order valence-electron chi connectivity index (χ0n) is 11.0. The second-order valence-corrected chi connectivity index (χ2v) is 4.64. The number of ether oxygens (including phenoxy) is 1. The van der Waals surface area contributed by atoms with Crippen LogP contribution in [0.2, 0.25) is 0 Å². The Balaban J connectivity index is 2.42. The van der Waals surface area contributed by atoms with E-state index in [-0.39, 0.29) is 18.0 Å². The Morgan fingerprint density at radius 3 is 2.50 bits per heavy atom. The van der Waals surface area contributed by atoms with Crippen molar-refractivity contribution in [2.45, 2.75) is 52.4 Å². The number of Topliss-reactive ketones (excluding diaryl/α,β-unsaturated/α-hetero) is 1. The summed E-state index contributed by atoms with van der Waals surface area (Å²) in [5.41, 5.74) is 0. The van der Waals surface area contributed by atoms with Gasteiger partial charge in [-0.15, -0.1) is 0 Å². The van der Waals surface area contributed by atoms with E-state index in [9.17, 15) is 14.4 Å². The molecule has 0 aromatic rings. The standard InChI is InChI=1S/C14H20O4/c1-3-4-5-6-7-8-11(15)13-12(16)9-10(2)18-14(13)17/h9,13H,3-8H2,1-2H3. The van der Waals surface area contributed by atoms with Crippen LogP contribution >= 0.6 is 0 Å². The van der Waals surface area contributed by atoms with Gasteiger partial charge in [0.1, 0.15) is 5.76 Å². The normalized spacial score (nSPS) is 19.4. The maximum absolute atomic E-state index is 11.8. The summed E-state index contributed by atoms with van der Waals surface area (Å²) < 4.78 is 4.82.